The molecule has 86 valence electrons. The molecule has 1 aromatic carbocycles. The fraction of sp³-hybridized carbons (Fsp3) is 0.333. The Balaban J connectivity index is 3.31. The molecule has 0 spiro atoms. The molecule has 16 heavy (non-hydrogen) atoms. The number of Topliss-reactive ketones (excluding diaryl/α,β-unsaturated/α-hetero) is 1. The lowest BCUT2D eigenvalue weighted by molar-refractivity contribution is -0.131. The maximum atomic E-state index is 11.5. The Labute approximate surface area is 94.5 Å². The number of hydrogen-bond donors (Lipinski definition) is 1. The highest BCUT2D eigenvalue weighted by Gasteiger charge is 2.19. The van der Waals surface area contributed by atoms with Gasteiger partial charge in [0.15, 0.2) is 0 Å². The Morgan fingerprint density at radius 3 is 2.38 bits per heavy atom. The van der Waals surface area contributed by atoms with Crippen LogP contribution in [-0.4, -0.2) is 31.0 Å². The van der Waals surface area contributed by atoms with E-state index in [1.165, 1.54) is 0 Å². The standard InChI is InChI=1S/C12H15NO3/c1-4-8-5-6-10(13(2)3)9(7-8)11(14)12(15)16/h5-7H,4H2,1-3H3,(H,15,16). The van der Waals surface area contributed by atoms with Crippen molar-refractivity contribution in [3.8, 4) is 0 Å². The Hall–Kier alpha value is -1.84. The summed E-state index contributed by atoms with van der Waals surface area (Å²) in [6.07, 6.45) is 0.771. The summed E-state index contributed by atoms with van der Waals surface area (Å²) in [6.45, 7) is 1.96. The number of aliphatic carboxylic acids is 1. The van der Waals surface area contributed by atoms with Gasteiger partial charge < -0.3 is 10.0 Å². The van der Waals surface area contributed by atoms with Crippen molar-refractivity contribution in [1.29, 1.82) is 0 Å². The molecule has 0 aliphatic carbocycles. The van der Waals surface area contributed by atoms with Crippen LogP contribution in [0, 0.1) is 0 Å². The van der Waals surface area contributed by atoms with Crippen molar-refractivity contribution in [2.75, 3.05) is 19.0 Å². The topological polar surface area (TPSA) is 57.6 Å². The van der Waals surface area contributed by atoms with Crippen molar-refractivity contribution in [2.24, 2.45) is 0 Å². The number of carbonyl (C=O) groups excluding carboxylic acids is 1. The SMILES string of the molecule is CCc1ccc(N(C)C)c(C(=O)C(=O)O)c1. The second-order valence-electron chi connectivity index (χ2n) is 3.73. The number of aryl methyl sites for hydroxylation is 1. The van der Waals surface area contributed by atoms with E-state index < -0.39 is 11.8 Å². The van der Waals surface area contributed by atoms with Gasteiger partial charge in [-0.2, -0.15) is 0 Å². The maximum Gasteiger partial charge on any atom is 0.377 e. The van der Waals surface area contributed by atoms with Crippen molar-refractivity contribution < 1.29 is 14.7 Å². The van der Waals surface area contributed by atoms with E-state index >= 15 is 0 Å². The molecule has 0 radical (unpaired) electrons. The minimum absolute atomic E-state index is 0.247. The van der Waals surface area contributed by atoms with Gasteiger partial charge in [-0.25, -0.2) is 4.79 Å². The third-order valence-electron chi connectivity index (χ3n) is 2.39. The lowest BCUT2D eigenvalue weighted by atomic mass is 10.0. The highest BCUT2D eigenvalue weighted by Crippen LogP contribution is 2.21. The smallest absolute Gasteiger partial charge is 0.377 e. The fourth-order valence-corrected chi connectivity index (χ4v) is 1.49. The van der Waals surface area contributed by atoms with Crippen LogP contribution >= 0.6 is 0 Å². The van der Waals surface area contributed by atoms with Gasteiger partial charge in [-0.05, 0) is 24.1 Å². The zero-order valence-corrected chi connectivity index (χ0v) is 9.65. The van der Waals surface area contributed by atoms with Crippen LogP contribution in [0.1, 0.15) is 22.8 Å². The summed E-state index contributed by atoms with van der Waals surface area (Å²) in [7, 11) is 3.55. The van der Waals surface area contributed by atoms with Crippen LogP contribution in [0.15, 0.2) is 18.2 Å². The molecule has 0 aromatic heterocycles. The van der Waals surface area contributed by atoms with E-state index in [0.717, 1.165) is 12.0 Å². The van der Waals surface area contributed by atoms with Gasteiger partial charge in [0.2, 0.25) is 0 Å². The number of nitrogens with zero attached hydrogens (tertiary/aromatic N) is 1. The Morgan fingerprint density at radius 1 is 1.31 bits per heavy atom. The Morgan fingerprint density at radius 2 is 1.94 bits per heavy atom. The van der Waals surface area contributed by atoms with Crippen LogP contribution in [0.2, 0.25) is 0 Å². The molecule has 4 nitrogen and oxygen atoms in total. The van der Waals surface area contributed by atoms with Gasteiger partial charge in [0.05, 0.1) is 5.56 Å². The first-order valence-electron chi connectivity index (χ1n) is 5.05. The zero-order valence-electron chi connectivity index (χ0n) is 9.65. The third-order valence-corrected chi connectivity index (χ3v) is 2.39. The summed E-state index contributed by atoms with van der Waals surface area (Å²) in [5.41, 5.74) is 1.83. The van der Waals surface area contributed by atoms with Crippen LogP contribution in [0.3, 0.4) is 0 Å². The molecule has 1 rings (SSSR count). The summed E-state index contributed by atoms with van der Waals surface area (Å²) in [4.78, 5) is 23.9. The lowest BCUT2D eigenvalue weighted by Crippen LogP contribution is -2.19. The summed E-state index contributed by atoms with van der Waals surface area (Å²) >= 11 is 0. The molecule has 0 aliphatic heterocycles. The molecule has 0 unspecified atom stereocenters. The lowest BCUT2D eigenvalue weighted by Gasteiger charge is -2.16. The monoisotopic (exact) mass is 221 g/mol. The first kappa shape index (κ1) is 12.2. The number of carbonyl (C=O) groups is 2. The second kappa shape index (κ2) is 4.79. The van der Waals surface area contributed by atoms with Gasteiger partial charge in [0.1, 0.15) is 0 Å². The Kier molecular flexibility index (Phi) is 3.66. The highest BCUT2D eigenvalue weighted by molar-refractivity contribution is 6.41. The molecule has 0 aliphatic rings. The van der Waals surface area contributed by atoms with E-state index in [0.29, 0.717) is 5.69 Å². The first-order chi connectivity index (χ1) is 7.47. The normalized spacial score (nSPS) is 9.94. The van der Waals surface area contributed by atoms with Crippen LogP contribution in [0.4, 0.5) is 5.69 Å². The van der Waals surface area contributed by atoms with E-state index in [1.807, 2.05) is 13.0 Å². The van der Waals surface area contributed by atoms with Gasteiger partial charge in [-0.1, -0.05) is 13.0 Å². The van der Waals surface area contributed by atoms with Crippen LogP contribution in [0.25, 0.3) is 0 Å². The molecule has 0 saturated heterocycles. The molecule has 0 amide bonds. The Bertz CT molecular complexity index is 424. The zero-order chi connectivity index (χ0) is 12.3. The molecular formula is C12H15NO3. The predicted molar refractivity (Wildman–Crippen MR) is 62.1 cm³/mol. The van der Waals surface area contributed by atoms with E-state index in [2.05, 4.69) is 0 Å². The van der Waals surface area contributed by atoms with E-state index in [-0.39, 0.29) is 5.56 Å². The number of carboxylic acid groups (broad SMARTS) is 1. The van der Waals surface area contributed by atoms with Crippen molar-refractivity contribution in [3.63, 3.8) is 0 Å². The molecule has 0 heterocycles. The van der Waals surface area contributed by atoms with Crippen LogP contribution < -0.4 is 4.90 Å². The molecular weight excluding hydrogens is 206 g/mol. The minimum atomic E-state index is -1.42. The number of hydrogen-bond acceptors (Lipinski definition) is 3. The largest absolute Gasteiger partial charge is 0.475 e. The van der Waals surface area contributed by atoms with Crippen molar-refractivity contribution in [3.05, 3.63) is 29.3 Å². The summed E-state index contributed by atoms with van der Waals surface area (Å²) in [6, 6.07) is 5.31. The summed E-state index contributed by atoms with van der Waals surface area (Å²) in [5, 5.41) is 8.74. The molecule has 1 N–H and O–H groups in total. The predicted octanol–water partition coefficient (Wildman–Crippen LogP) is 1.58. The van der Waals surface area contributed by atoms with Gasteiger partial charge in [-0.15, -0.1) is 0 Å². The fourth-order valence-electron chi connectivity index (χ4n) is 1.49. The maximum absolute atomic E-state index is 11.5. The van der Waals surface area contributed by atoms with Crippen LogP contribution in [-0.2, 0) is 11.2 Å². The van der Waals surface area contributed by atoms with Crippen molar-refractivity contribution >= 4 is 17.4 Å². The highest BCUT2D eigenvalue weighted by atomic mass is 16.4. The van der Waals surface area contributed by atoms with Gasteiger partial charge in [0, 0.05) is 19.8 Å². The molecule has 0 saturated carbocycles. The van der Waals surface area contributed by atoms with Crippen molar-refractivity contribution in [2.45, 2.75) is 13.3 Å². The molecule has 0 atom stereocenters. The number of carboxylic acids is 1. The summed E-state index contributed by atoms with van der Waals surface area (Å²) < 4.78 is 0. The van der Waals surface area contributed by atoms with E-state index in [1.54, 1.807) is 31.1 Å². The average Bonchev–Trinajstić information content (AvgIpc) is 2.26. The first-order valence-corrected chi connectivity index (χ1v) is 5.05. The van der Waals surface area contributed by atoms with Gasteiger partial charge in [0.25, 0.3) is 5.78 Å². The number of rotatable bonds is 4. The van der Waals surface area contributed by atoms with E-state index in [4.69, 9.17) is 5.11 Å². The molecule has 0 bridgehead atoms. The number of benzene rings is 1. The molecule has 0 fully saturated rings. The van der Waals surface area contributed by atoms with Gasteiger partial charge in [-0.3, -0.25) is 4.79 Å². The second-order valence-corrected chi connectivity index (χ2v) is 3.73. The van der Waals surface area contributed by atoms with Crippen LogP contribution in [0.5, 0.6) is 0 Å². The minimum Gasteiger partial charge on any atom is -0.475 e. The third kappa shape index (κ3) is 2.39. The van der Waals surface area contributed by atoms with E-state index in [9.17, 15) is 9.59 Å². The molecule has 4 heteroatoms. The number of anilines is 1. The quantitative estimate of drug-likeness (QED) is 0.619. The summed E-state index contributed by atoms with van der Waals surface area (Å²) in [5.74, 6) is -2.28. The molecule has 1 aromatic rings. The van der Waals surface area contributed by atoms with Gasteiger partial charge >= 0.3 is 5.97 Å². The number of ketones is 1. The van der Waals surface area contributed by atoms with Crippen molar-refractivity contribution in [1.82, 2.24) is 0 Å². The average molecular weight is 221 g/mol.